The molecule has 0 spiro atoms. The Morgan fingerprint density at radius 1 is 0.913 bits per heavy atom. The van der Waals surface area contributed by atoms with Gasteiger partial charge in [-0.05, 0) is 92.3 Å². The van der Waals surface area contributed by atoms with Crippen LogP contribution in [-0.2, 0) is 4.79 Å². The Hall–Kier alpha value is -0.330. The highest BCUT2D eigenvalue weighted by Gasteiger charge is 2.61. The summed E-state index contributed by atoms with van der Waals surface area (Å²) in [5, 5.41) is 0. The predicted molar refractivity (Wildman–Crippen MR) is 95.1 cm³/mol. The van der Waals surface area contributed by atoms with Gasteiger partial charge in [0.25, 0.3) is 0 Å². The van der Waals surface area contributed by atoms with Crippen molar-refractivity contribution in [3.05, 3.63) is 0 Å². The van der Waals surface area contributed by atoms with E-state index in [1.807, 2.05) is 6.92 Å². The number of ketones is 1. The summed E-state index contributed by atoms with van der Waals surface area (Å²) in [6, 6.07) is 0. The first kappa shape index (κ1) is 16.2. The maximum absolute atomic E-state index is 12.4. The van der Waals surface area contributed by atoms with Crippen molar-refractivity contribution in [2.24, 2.45) is 46.3 Å². The van der Waals surface area contributed by atoms with Gasteiger partial charge in [-0.25, -0.2) is 0 Å². The summed E-state index contributed by atoms with van der Waals surface area (Å²) in [5.74, 6) is 5.12. The van der Waals surface area contributed by atoms with E-state index in [0.717, 1.165) is 23.7 Å². The van der Waals surface area contributed by atoms with Gasteiger partial charge in [-0.1, -0.05) is 33.6 Å². The van der Waals surface area contributed by atoms with Gasteiger partial charge in [0.1, 0.15) is 5.78 Å². The third kappa shape index (κ3) is 2.13. The van der Waals surface area contributed by atoms with Crippen molar-refractivity contribution in [2.45, 2.75) is 85.5 Å². The van der Waals surface area contributed by atoms with Crippen LogP contribution in [0.15, 0.2) is 0 Å². The first-order chi connectivity index (χ1) is 10.9. The van der Waals surface area contributed by atoms with Gasteiger partial charge >= 0.3 is 0 Å². The van der Waals surface area contributed by atoms with Gasteiger partial charge < -0.3 is 0 Å². The van der Waals surface area contributed by atoms with Crippen LogP contribution >= 0.6 is 0 Å². The van der Waals surface area contributed by atoms with Crippen LogP contribution < -0.4 is 0 Å². The third-order valence-electron chi connectivity index (χ3n) is 9.36. The average molecular weight is 317 g/mol. The molecule has 0 bridgehead atoms. The van der Waals surface area contributed by atoms with Gasteiger partial charge in [0, 0.05) is 5.92 Å². The van der Waals surface area contributed by atoms with Crippen molar-refractivity contribution >= 4 is 5.78 Å². The van der Waals surface area contributed by atoms with Crippen LogP contribution in [0.25, 0.3) is 0 Å². The van der Waals surface area contributed by atoms with E-state index in [2.05, 4.69) is 20.8 Å². The molecule has 0 aromatic heterocycles. The number of carbonyl (C=O) groups excluding carboxylic acids is 1. The number of Topliss-reactive ketones (excluding diaryl/α,β-unsaturated/α-hetero) is 1. The molecule has 4 aliphatic rings. The Kier molecular flexibility index (Phi) is 3.75. The average Bonchev–Trinajstić information content (AvgIpc) is 2.77. The molecule has 0 aromatic carbocycles. The Labute approximate surface area is 143 Å². The van der Waals surface area contributed by atoms with E-state index in [1.165, 1.54) is 57.8 Å². The summed E-state index contributed by atoms with van der Waals surface area (Å²) >= 11 is 0. The van der Waals surface area contributed by atoms with Crippen molar-refractivity contribution < 1.29 is 4.79 Å². The minimum absolute atomic E-state index is 0.310. The van der Waals surface area contributed by atoms with Gasteiger partial charge in [0.15, 0.2) is 0 Å². The molecule has 23 heavy (non-hydrogen) atoms. The molecule has 0 aliphatic heterocycles. The molecule has 0 aromatic rings. The second kappa shape index (κ2) is 5.33. The minimum atomic E-state index is 0.310. The van der Waals surface area contributed by atoms with E-state index in [-0.39, 0.29) is 0 Å². The Morgan fingerprint density at radius 2 is 1.70 bits per heavy atom. The summed E-state index contributed by atoms with van der Waals surface area (Å²) in [6.45, 7) is 9.36. The molecule has 0 heterocycles. The molecule has 4 saturated carbocycles. The molecule has 7 unspecified atom stereocenters. The number of hydrogen-bond acceptors (Lipinski definition) is 1. The molecule has 4 rings (SSSR count). The van der Waals surface area contributed by atoms with Crippen LogP contribution in [0.1, 0.15) is 85.5 Å². The van der Waals surface area contributed by atoms with Crippen LogP contribution in [0, 0.1) is 46.3 Å². The Balaban J connectivity index is 1.66. The summed E-state index contributed by atoms with van der Waals surface area (Å²) in [5.41, 5.74) is 0.935. The molecule has 1 heteroatoms. The SMILES string of the molecule is CC(=O)C1C(C)CC2C3CC[C@H]4CCCCC4(C)C3CCC21C. The maximum atomic E-state index is 12.4. The van der Waals surface area contributed by atoms with Crippen LogP contribution in [0.5, 0.6) is 0 Å². The fourth-order valence-electron chi connectivity index (χ4n) is 8.52. The fourth-order valence-corrected chi connectivity index (χ4v) is 8.52. The number of fused-ring (bicyclic) bond motifs is 5. The fraction of sp³-hybridized carbons (Fsp3) is 0.955. The zero-order chi connectivity index (χ0) is 16.4. The van der Waals surface area contributed by atoms with E-state index in [0.29, 0.717) is 28.4 Å². The number of rotatable bonds is 1. The largest absolute Gasteiger partial charge is 0.300 e. The van der Waals surface area contributed by atoms with Crippen LogP contribution in [0.2, 0.25) is 0 Å². The third-order valence-corrected chi connectivity index (χ3v) is 9.36. The lowest BCUT2D eigenvalue weighted by atomic mass is 9.45. The lowest BCUT2D eigenvalue weighted by molar-refractivity contribution is -0.134. The highest BCUT2D eigenvalue weighted by atomic mass is 16.1. The van der Waals surface area contributed by atoms with Gasteiger partial charge in [0.2, 0.25) is 0 Å². The van der Waals surface area contributed by atoms with Crippen molar-refractivity contribution in [1.82, 2.24) is 0 Å². The minimum Gasteiger partial charge on any atom is -0.300 e. The predicted octanol–water partition coefficient (Wildman–Crippen LogP) is 5.87. The Morgan fingerprint density at radius 3 is 2.43 bits per heavy atom. The molecule has 0 amide bonds. The first-order valence-electron chi connectivity index (χ1n) is 10.4. The zero-order valence-corrected chi connectivity index (χ0v) is 15.7. The van der Waals surface area contributed by atoms with Crippen LogP contribution in [0.4, 0.5) is 0 Å². The number of hydrogen-bond donors (Lipinski definition) is 0. The molecule has 0 N–H and O–H groups in total. The van der Waals surface area contributed by atoms with E-state index in [9.17, 15) is 4.79 Å². The smallest absolute Gasteiger partial charge is 0.133 e. The quantitative estimate of drug-likeness (QED) is 0.591. The second-order valence-electron chi connectivity index (χ2n) is 10.2. The van der Waals surface area contributed by atoms with Crippen molar-refractivity contribution in [3.63, 3.8) is 0 Å². The number of carbonyl (C=O) groups is 1. The molecular weight excluding hydrogens is 280 g/mol. The topological polar surface area (TPSA) is 17.1 Å². The first-order valence-corrected chi connectivity index (χ1v) is 10.4. The van der Waals surface area contributed by atoms with E-state index in [1.54, 1.807) is 0 Å². The highest BCUT2D eigenvalue weighted by Crippen LogP contribution is 2.68. The zero-order valence-electron chi connectivity index (χ0n) is 15.7. The molecule has 0 radical (unpaired) electrons. The van der Waals surface area contributed by atoms with Crippen molar-refractivity contribution in [1.29, 1.82) is 0 Å². The van der Waals surface area contributed by atoms with Crippen LogP contribution in [-0.4, -0.2) is 5.78 Å². The van der Waals surface area contributed by atoms with Gasteiger partial charge in [0.05, 0.1) is 0 Å². The standard InChI is InChI=1S/C22H36O/c1-14-13-19-17-9-8-16-7-5-6-11-21(16,3)18(17)10-12-22(19,4)20(14)15(2)23/h14,16-20H,5-13H2,1-4H3/t14?,16-,17?,18?,19?,20?,21?,22?/m1/s1. The maximum Gasteiger partial charge on any atom is 0.133 e. The van der Waals surface area contributed by atoms with Gasteiger partial charge in [-0.15, -0.1) is 0 Å². The summed E-state index contributed by atoms with van der Waals surface area (Å²) in [6.07, 6.45) is 12.9. The van der Waals surface area contributed by atoms with E-state index in [4.69, 9.17) is 0 Å². The molecule has 0 saturated heterocycles. The molecule has 8 atom stereocenters. The normalized spacial score (nSPS) is 55.7. The van der Waals surface area contributed by atoms with Crippen LogP contribution in [0.3, 0.4) is 0 Å². The molecule has 130 valence electrons. The van der Waals surface area contributed by atoms with E-state index < -0.39 is 0 Å². The molecule has 4 fully saturated rings. The lowest BCUT2D eigenvalue weighted by Gasteiger charge is -2.60. The van der Waals surface area contributed by atoms with Gasteiger partial charge in [-0.2, -0.15) is 0 Å². The Bertz CT molecular complexity index is 496. The summed E-state index contributed by atoms with van der Waals surface area (Å²) in [4.78, 5) is 12.4. The molecule has 1 nitrogen and oxygen atoms in total. The molecular formula is C22H36O. The lowest BCUT2D eigenvalue weighted by Crippen LogP contribution is -2.53. The van der Waals surface area contributed by atoms with Crippen molar-refractivity contribution in [3.8, 4) is 0 Å². The highest BCUT2D eigenvalue weighted by molar-refractivity contribution is 5.80. The second-order valence-corrected chi connectivity index (χ2v) is 10.2. The summed E-state index contributed by atoms with van der Waals surface area (Å²) in [7, 11) is 0. The van der Waals surface area contributed by atoms with E-state index >= 15 is 0 Å². The van der Waals surface area contributed by atoms with Crippen molar-refractivity contribution in [2.75, 3.05) is 0 Å². The monoisotopic (exact) mass is 316 g/mol. The van der Waals surface area contributed by atoms with Gasteiger partial charge in [-0.3, -0.25) is 4.79 Å². The summed E-state index contributed by atoms with van der Waals surface area (Å²) < 4.78 is 0. The molecule has 4 aliphatic carbocycles.